The van der Waals surface area contributed by atoms with E-state index in [2.05, 4.69) is 11.9 Å². The SMILES string of the molecule is CC1CCC(=O)N(Cc2ccnc(CN)c2)CC1. The molecule has 0 aliphatic carbocycles. The van der Waals surface area contributed by atoms with Crippen LogP contribution in [0.5, 0.6) is 0 Å². The summed E-state index contributed by atoms with van der Waals surface area (Å²) >= 11 is 0. The number of amides is 1. The van der Waals surface area contributed by atoms with Gasteiger partial charge in [0.05, 0.1) is 5.69 Å². The van der Waals surface area contributed by atoms with Gasteiger partial charge in [-0.3, -0.25) is 9.78 Å². The largest absolute Gasteiger partial charge is 0.338 e. The van der Waals surface area contributed by atoms with Gasteiger partial charge in [-0.2, -0.15) is 0 Å². The molecule has 0 aromatic carbocycles. The van der Waals surface area contributed by atoms with Crippen LogP contribution in [-0.2, 0) is 17.9 Å². The topological polar surface area (TPSA) is 59.2 Å². The Hall–Kier alpha value is -1.42. The van der Waals surface area contributed by atoms with Crippen LogP contribution in [0.1, 0.15) is 37.4 Å². The molecule has 0 saturated carbocycles. The van der Waals surface area contributed by atoms with Crippen LogP contribution in [0.25, 0.3) is 0 Å². The number of pyridine rings is 1. The van der Waals surface area contributed by atoms with Crippen LogP contribution in [0.15, 0.2) is 18.3 Å². The van der Waals surface area contributed by atoms with Crippen LogP contribution in [0.2, 0.25) is 0 Å². The van der Waals surface area contributed by atoms with Gasteiger partial charge in [0, 0.05) is 32.3 Å². The van der Waals surface area contributed by atoms with Gasteiger partial charge in [0.2, 0.25) is 5.91 Å². The Bertz CT molecular complexity index is 419. The van der Waals surface area contributed by atoms with E-state index >= 15 is 0 Å². The molecule has 1 fully saturated rings. The fraction of sp³-hybridized carbons (Fsp3) is 0.571. The zero-order valence-electron chi connectivity index (χ0n) is 10.9. The summed E-state index contributed by atoms with van der Waals surface area (Å²) in [5.74, 6) is 0.918. The number of likely N-dealkylation sites (tertiary alicyclic amines) is 1. The van der Waals surface area contributed by atoms with E-state index in [1.807, 2.05) is 17.0 Å². The summed E-state index contributed by atoms with van der Waals surface area (Å²) in [5.41, 5.74) is 7.58. The molecule has 1 saturated heterocycles. The third-order valence-electron chi connectivity index (χ3n) is 3.56. The molecule has 4 heteroatoms. The molecule has 0 spiro atoms. The van der Waals surface area contributed by atoms with Gasteiger partial charge in [0.15, 0.2) is 0 Å². The predicted molar refractivity (Wildman–Crippen MR) is 70.6 cm³/mol. The van der Waals surface area contributed by atoms with E-state index in [0.717, 1.165) is 30.6 Å². The van der Waals surface area contributed by atoms with Crippen molar-refractivity contribution in [2.24, 2.45) is 11.7 Å². The fourth-order valence-electron chi connectivity index (χ4n) is 2.30. The average molecular weight is 247 g/mol. The quantitative estimate of drug-likeness (QED) is 0.884. The molecule has 1 amide bonds. The van der Waals surface area contributed by atoms with Gasteiger partial charge in [0.25, 0.3) is 0 Å². The smallest absolute Gasteiger partial charge is 0.222 e. The molecule has 4 nitrogen and oxygen atoms in total. The number of carbonyl (C=O) groups is 1. The summed E-state index contributed by atoms with van der Waals surface area (Å²) in [7, 11) is 0. The number of nitrogens with zero attached hydrogens (tertiary/aromatic N) is 2. The Morgan fingerprint density at radius 1 is 1.50 bits per heavy atom. The second kappa shape index (κ2) is 5.96. The van der Waals surface area contributed by atoms with Crippen molar-refractivity contribution in [3.8, 4) is 0 Å². The third-order valence-corrected chi connectivity index (χ3v) is 3.56. The Labute approximate surface area is 108 Å². The lowest BCUT2D eigenvalue weighted by molar-refractivity contribution is -0.131. The summed E-state index contributed by atoms with van der Waals surface area (Å²) in [4.78, 5) is 18.1. The zero-order chi connectivity index (χ0) is 13.0. The zero-order valence-corrected chi connectivity index (χ0v) is 10.9. The first-order valence-electron chi connectivity index (χ1n) is 6.60. The second-order valence-electron chi connectivity index (χ2n) is 5.11. The van der Waals surface area contributed by atoms with Gasteiger partial charge < -0.3 is 10.6 Å². The molecular weight excluding hydrogens is 226 g/mol. The predicted octanol–water partition coefficient (Wildman–Crippen LogP) is 1.69. The van der Waals surface area contributed by atoms with Crippen molar-refractivity contribution in [3.05, 3.63) is 29.6 Å². The van der Waals surface area contributed by atoms with E-state index in [-0.39, 0.29) is 5.91 Å². The summed E-state index contributed by atoms with van der Waals surface area (Å²) in [6.45, 7) is 4.20. The molecular formula is C14H21N3O. The summed E-state index contributed by atoms with van der Waals surface area (Å²) in [5, 5.41) is 0. The molecule has 0 bridgehead atoms. The Morgan fingerprint density at radius 3 is 3.11 bits per heavy atom. The maximum absolute atomic E-state index is 12.0. The van der Waals surface area contributed by atoms with Gasteiger partial charge in [-0.25, -0.2) is 0 Å². The molecule has 1 aromatic rings. The van der Waals surface area contributed by atoms with E-state index in [1.54, 1.807) is 6.20 Å². The van der Waals surface area contributed by atoms with E-state index < -0.39 is 0 Å². The van der Waals surface area contributed by atoms with Gasteiger partial charge in [-0.1, -0.05) is 6.92 Å². The Kier molecular flexibility index (Phi) is 4.31. The van der Waals surface area contributed by atoms with E-state index in [0.29, 0.717) is 25.4 Å². The first kappa shape index (κ1) is 13.0. The van der Waals surface area contributed by atoms with E-state index in [4.69, 9.17) is 5.73 Å². The first-order chi connectivity index (χ1) is 8.69. The number of nitrogens with two attached hydrogens (primary N) is 1. The monoisotopic (exact) mass is 247 g/mol. The lowest BCUT2D eigenvalue weighted by atomic mass is 10.0. The minimum atomic E-state index is 0.269. The molecule has 1 aromatic heterocycles. The van der Waals surface area contributed by atoms with Gasteiger partial charge >= 0.3 is 0 Å². The van der Waals surface area contributed by atoms with Crippen LogP contribution in [0.4, 0.5) is 0 Å². The summed E-state index contributed by atoms with van der Waals surface area (Å²) in [6, 6.07) is 3.95. The third kappa shape index (κ3) is 3.29. The minimum absolute atomic E-state index is 0.269. The summed E-state index contributed by atoms with van der Waals surface area (Å²) in [6.07, 6.45) is 4.55. The van der Waals surface area contributed by atoms with Crippen molar-refractivity contribution in [1.29, 1.82) is 0 Å². The first-order valence-corrected chi connectivity index (χ1v) is 6.60. The lowest BCUT2D eigenvalue weighted by Crippen LogP contribution is -2.29. The Morgan fingerprint density at radius 2 is 2.33 bits per heavy atom. The maximum Gasteiger partial charge on any atom is 0.222 e. The maximum atomic E-state index is 12.0. The van der Waals surface area contributed by atoms with Crippen molar-refractivity contribution in [2.45, 2.75) is 39.3 Å². The molecule has 18 heavy (non-hydrogen) atoms. The molecule has 0 radical (unpaired) electrons. The van der Waals surface area contributed by atoms with Crippen molar-refractivity contribution in [1.82, 2.24) is 9.88 Å². The Balaban J connectivity index is 2.04. The van der Waals surface area contributed by atoms with Gasteiger partial charge in [-0.15, -0.1) is 0 Å². The average Bonchev–Trinajstić information content (AvgIpc) is 2.54. The molecule has 1 unspecified atom stereocenters. The normalized spacial score (nSPS) is 20.9. The number of hydrogen-bond acceptors (Lipinski definition) is 3. The number of aromatic nitrogens is 1. The molecule has 2 heterocycles. The van der Waals surface area contributed by atoms with Gasteiger partial charge in [-0.05, 0) is 36.5 Å². The van der Waals surface area contributed by atoms with Crippen LogP contribution in [-0.4, -0.2) is 22.3 Å². The standard InChI is InChI=1S/C14H21N3O/c1-11-2-3-14(18)17(7-5-11)10-12-4-6-16-13(8-12)9-15/h4,6,8,11H,2-3,5,7,9-10,15H2,1H3. The minimum Gasteiger partial charge on any atom is -0.338 e. The van der Waals surface area contributed by atoms with Gasteiger partial charge in [0.1, 0.15) is 0 Å². The molecule has 1 aliphatic heterocycles. The van der Waals surface area contributed by atoms with Crippen LogP contribution >= 0.6 is 0 Å². The number of carbonyl (C=O) groups excluding carboxylic acids is 1. The molecule has 98 valence electrons. The van der Waals surface area contributed by atoms with E-state index in [1.165, 1.54) is 0 Å². The van der Waals surface area contributed by atoms with Crippen LogP contribution < -0.4 is 5.73 Å². The highest BCUT2D eigenvalue weighted by molar-refractivity contribution is 5.76. The van der Waals surface area contributed by atoms with Crippen LogP contribution in [0, 0.1) is 5.92 Å². The molecule has 1 atom stereocenters. The highest BCUT2D eigenvalue weighted by Crippen LogP contribution is 2.19. The van der Waals surface area contributed by atoms with Crippen molar-refractivity contribution in [2.75, 3.05) is 6.54 Å². The van der Waals surface area contributed by atoms with Crippen molar-refractivity contribution in [3.63, 3.8) is 0 Å². The number of rotatable bonds is 3. The molecule has 2 rings (SSSR count). The van der Waals surface area contributed by atoms with Crippen LogP contribution in [0.3, 0.4) is 0 Å². The highest BCUT2D eigenvalue weighted by Gasteiger charge is 2.20. The fourth-order valence-corrected chi connectivity index (χ4v) is 2.30. The van der Waals surface area contributed by atoms with Crippen molar-refractivity contribution >= 4 is 5.91 Å². The van der Waals surface area contributed by atoms with Crippen molar-refractivity contribution < 1.29 is 4.79 Å². The lowest BCUT2D eigenvalue weighted by Gasteiger charge is -2.20. The van der Waals surface area contributed by atoms with E-state index in [9.17, 15) is 4.79 Å². The molecule has 1 aliphatic rings. The molecule has 2 N–H and O–H groups in total. The second-order valence-corrected chi connectivity index (χ2v) is 5.11. The summed E-state index contributed by atoms with van der Waals surface area (Å²) < 4.78 is 0. The number of hydrogen-bond donors (Lipinski definition) is 1. The highest BCUT2D eigenvalue weighted by atomic mass is 16.2.